The number of hydrogen-bond donors (Lipinski definition) is 0. The summed E-state index contributed by atoms with van der Waals surface area (Å²) in [6, 6.07) is 16.7. The summed E-state index contributed by atoms with van der Waals surface area (Å²) in [6.07, 6.45) is 7.48. The first-order chi connectivity index (χ1) is 16.2. The van der Waals surface area contributed by atoms with Crippen molar-refractivity contribution < 1.29 is 9.13 Å². The highest BCUT2D eigenvalue weighted by Crippen LogP contribution is 2.42. The molecule has 5 heteroatoms. The molecule has 0 bridgehead atoms. The largest absolute Gasteiger partial charge is 0.459 e. The van der Waals surface area contributed by atoms with E-state index in [0.29, 0.717) is 11.8 Å². The van der Waals surface area contributed by atoms with Crippen LogP contribution in [0, 0.1) is 17.7 Å². The topological polar surface area (TPSA) is 28.1 Å². The molecule has 1 aliphatic carbocycles. The monoisotopic (exact) mass is 447 g/mol. The number of piperidine rings is 1. The summed E-state index contributed by atoms with van der Waals surface area (Å²) in [4.78, 5) is 10.1. The van der Waals surface area contributed by atoms with E-state index in [1.165, 1.54) is 49.8 Å². The first-order valence-electron chi connectivity index (χ1n) is 12.7. The van der Waals surface area contributed by atoms with Crippen LogP contribution in [0.4, 0.5) is 4.39 Å². The maximum Gasteiger partial charge on any atom is 0.288 e. The molecule has 0 amide bonds. The first kappa shape index (κ1) is 21.2. The van der Waals surface area contributed by atoms with E-state index in [2.05, 4.69) is 41.1 Å². The summed E-state index contributed by atoms with van der Waals surface area (Å²) in [6.45, 7) is 3.15. The summed E-state index contributed by atoms with van der Waals surface area (Å²) in [5.74, 6) is 0.994. The molecule has 2 fully saturated rings. The number of nitrogens with zero attached hydrogens (tertiary/aromatic N) is 3. The van der Waals surface area contributed by atoms with Crippen molar-refractivity contribution in [2.24, 2.45) is 16.8 Å². The number of hydrogen-bond acceptors (Lipinski definition) is 4. The Bertz CT molecular complexity index is 1020. The Labute approximate surface area is 196 Å². The molecule has 4 aliphatic rings. The fourth-order valence-corrected chi connectivity index (χ4v) is 6.35. The van der Waals surface area contributed by atoms with Crippen LogP contribution < -0.4 is 0 Å². The van der Waals surface area contributed by atoms with Gasteiger partial charge in [0, 0.05) is 19.0 Å². The van der Waals surface area contributed by atoms with Crippen LogP contribution in [-0.2, 0) is 11.2 Å². The zero-order valence-corrected chi connectivity index (χ0v) is 19.5. The molecule has 1 saturated carbocycles. The third kappa shape index (κ3) is 3.95. The van der Waals surface area contributed by atoms with Gasteiger partial charge in [0.2, 0.25) is 0 Å². The molecule has 0 aromatic heterocycles. The van der Waals surface area contributed by atoms with Gasteiger partial charge in [-0.15, -0.1) is 0 Å². The highest BCUT2D eigenvalue weighted by Gasteiger charge is 2.46. The summed E-state index contributed by atoms with van der Waals surface area (Å²) >= 11 is 0. The molecule has 4 atom stereocenters. The van der Waals surface area contributed by atoms with Gasteiger partial charge in [-0.05, 0) is 80.4 Å². The molecule has 0 radical (unpaired) electrons. The normalized spacial score (nSPS) is 30.4. The average molecular weight is 448 g/mol. The Kier molecular flexibility index (Phi) is 5.61. The predicted octanol–water partition coefficient (Wildman–Crippen LogP) is 5.04. The van der Waals surface area contributed by atoms with Crippen molar-refractivity contribution >= 4 is 6.02 Å². The van der Waals surface area contributed by atoms with E-state index >= 15 is 0 Å². The first-order valence-corrected chi connectivity index (χ1v) is 12.7. The van der Waals surface area contributed by atoms with Gasteiger partial charge in [0.1, 0.15) is 11.9 Å². The van der Waals surface area contributed by atoms with E-state index in [-0.39, 0.29) is 24.0 Å². The van der Waals surface area contributed by atoms with Crippen molar-refractivity contribution in [3.8, 4) is 0 Å². The number of benzene rings is 2. The molecule has 33 heavy (non-hydrogen) atoms. The minimum absolute atomic E-state index is 0.00381. The van der Waals surface area contributed by atoms with Crippen LogP contribution >= 0.6 is 0 Å². The van der Waals surface area contributed by atoms with Gasteiger partial charge in [-0.1, -0.05) is 42.8 Å². The lowest BCUT2D eigenvalue weighted by molar-refractivity contribution is 0.0342. The van der Waals surface area contributed by atoms with Crippen molar-refractivity contribution in [1.82, 2.24) is 9.80 Å². The summed E-state index contributed by atoms with van der Waals surface area (Å²) in [7, 11) is 2.23. The number of rotatable bonds is 3. The Hall–Kier alpha value is -2.40. The minimum Gasteiger partial charge on any atom is -0.459 e. The Morgan fingerprint density at radius 2 is 1.73 bits per heavy atom. The summed E-state index contributed by atoms with van der Waals surface area (Å²) < 4.78 is 20.6. The molecular formula is C28H34FN3O. The van der Waals surface area contributed by atoms with Gasteiger partial charge in [-0.3, -0.25) is 0 Å². The van der Waals surface area contributed by atoms with Crippen LogP contribution in [0.1, 0.15) is 54.8 Å². The lowest BCUT2D eigenvalue weighted by Crippen LogP contribution is -2.46. The van der Waals surface area contributed by atoms with Crippen molar-refractivity contribution in [2.75, 3.05) is 26.7 Å². The number of ether oxygens (including phenoxy) is 1. The van der Waals surface area contributed by atoms with Crippen LogP contribution in [0.2, 0.25) is 0 Å². The lowest BCUT2D eigenvalue weighted by Gasteiger charge is -2.40. The van der Waals surface area contributed by atoms with Crippen LogP contribution in [0.3, 0.4) is 0 Å². The number of fused-ring (bicyclic) bond motifs is 1. The van der Waals surface area contributed by atoms with Gasteiger partial charge in [-0.25, -0.2) is 9.38 Å². The minimum atomic E-state index is -0.199. The second-order valence-electron chi connectivity index (χ2n) is 10.4. The van der Waals surface area contributed by atoms with E-state index in [1.807, 2.05) is 12.1 Å². The standard InChI is InChI=1S/C28H34FN3O/c1-31-16-5-9-22(18-31)27-25(20-7-4-8-20)30-28(33-27)32-17-15-19-6-2-3-10-24(19)26(32)21-11-13-23(29)14-12-21/h2-3,6,10-14,20,22,25-27H,4-5,7-9,15-18H2,1H3/t22-,25?,26+,27-/m1/s1. The molecule has 174 valence electrons. The average Bonchev–Trinajstić information content (AvgIpc) is 3.22. The molecule has 1 saturated heterocycles. The van der Waals surface area contributed by atoms with Gasteiger partial charge in [0.25, 0.3) is 6.02 Å². The molecular weight excluding hydrogens is 413 g/mol. The van der Waals surface area contributed by atoms with E-state index in [9.17, 15) is 4.39 Å². The molecule has 0 N–H and O–H groups in total. The van der Waals surface area contributed by atoms with Gasteiger partial charge < -0.3 is 14.5 Å². The molecule has 3 aliphatic heterocycles. The third-order valence-corrected chi connectivity index (χ3v) is 8.31. The van der Waals surface area contributed by atoms with Crippen LogP contribution in [-0.4, -0.2) is 54.6 Å². The highest BCUT2D eigenvalue weighted by atomic mass is 19.1. The van der Waals surface area contributed by atoms with Crippen molar-refractivity contribution in [2.45, 2.75) is 56.7 Å². The summed E-state index contributed by atoms with van der Waals surface area (Å²) in [5, 5.41) is 0. The molecule has 1 unspecified atom stereocenters. The van der Waals surface area contributed by atoms with Crippen LogP contribution in [0.5, 0.6) is 0 Å². The van der Waals surface area contributed by atoms with E-state index in [4.69, 9.17) is 9.73 Å². The third-order valence-electron chi connectivity index (χ3n) is 8.31. The van der Waals surface area contributed by atoms with Crippen LogP contribution in [0.15, 0.2) is 53.5 Å². The maximum absolute atomic E-state index is 13.8. The van der Waals surface area contributed by atoms with Crippen molar-refractivity contribution in [1.29, 1.82) is 0 Å². The van der Waals surface area contributed by atoms with Gasteiger partial charge >= 0.3 is 0 Å². The molecule has 2 aromatic rings. The van der Waals surface area contributed by atoms with E-state index < -0.39 is 0 Å². The molecule has 2 aromatic carbocycles. The van der Waals surface area contributed by atoms with E-state index in [0.717, 1.165) is 31.1 Å². The lowest BCUT2D eigenvalue weighted by atomic mass is 9.74. The van der Waals surface area contributed by atoms with Crippen molar-refractivity contribution in [3.63, 3.8) is 0 Å². The smallest absolute Gasteiger partial charge is 0.288 e. The van der Waals surface area contributed by atoms with Gasteiger partial charge in [0.15, 0.2) is 0 Å². The Balaban J connectivity index is 1.35. The predicted molar refractivity (Wildman–Crippen MR) is 129 cm³/mol. The van der Waals surface area contributed by atoms with E-state index in [1.54, 1.807) is 12.1 Å². The van der Waals surface area contributed by atoms with Gasteiger partial charge in [-0.2, -0.15) is 0 Å². The number of halogens is 1. The fraction of sp³-hybridized carbons (Fsp3) is 0.536. The highest BCUT2D eigenvalue weighted by molar-refractivity contribution is 5.78. The second kappa shape index (κ2) is 8.75. The molecule has 6 rings (SSSR count). The second-order valence-corrected chi connectivity index (χ2v) is 10.4. The van der Waals surface area contributed by atoms with Crippen molar-refractivity contribution in [3.05, 3.63) is 71.0 Å². The SMILES string of the molecule is CN1CCC[C@@H]([C@H]2OC(N3CCc4ccccc4[C@@H]3c3ccc(F)cc3)=NC2C2CCC2)C1. The Morgan fingerprint density at radius 1 is 0.939 bits per heavy atom. The fourth-order valence-electron chi connectivity index (χ4n) is 6.35. The summed E-state index contributed by atoms with van der Waals surface area (Å²) in [5.41, 5.74) is 3.74. The number of aliphatic imine (C=N–C) groups is 1. The quantitative estimate of drug-likeness (QED) is 0.660. The maximum atomic E-state index is 13.8. The number of amidine groups is 1. The molecule has 0 spiro atoms. The zero-order chi connectivity index (χ0) is 22.4. The molecule has 4 nitrogen and oxygen atoms in total. The van der Waals surface area contributed by atoms with Crippen LogP contribution in [0.25, 0.3) is 0 Å². The zero-order valence-electron chi connectivity index (χ0n) is 19.5. The number of likely N-dealkylation sites (tertiary alicyclic amines) is 1. The van der Waals surface area contributed by atoms with Gasteiger partial charge in [0.05, 0.1) is 12.1 Å². The molecule has 3 heterocycles. The Morgan fingerprint density at radius 3 is 2.48 bits per heavy atom.